The number of thiazole rings is 1. The standard InChI is InChI=1S/C15H18O3.C3H3NS/c16-11-5-10-15(8-2-1-3-9-15)12-6-4-7-13(17)14(12)18;1-2-5-3-4-1/h1-4,6-8,16-18H,5,9-11H2;1-3H. The average molecular weight is 331 g/mol. The molecule has 23 heavy (non-hydrogen) atoms. The number of allylic oxidation sites excluding steroid dienone is 4. The van der Waals surface area contributed by atoms with E-state index in [1.54, 1.807) is 29.1 Å². The third kappa shape index (κ3) is 4.43. The SMILES string of the molecule is OCCCC1(c2cccc(O)c2O)C=CC=CC1.c1cscn1. The first-order valence-corrected chi connectivity index (χ1v) is 8.43. The Morgan fingerprint density at radius 3 is 2.65 bits per heavy atom. The quantitative estimate of drug-likeness (QED) is 0.746. The first-order chi connectivity index (χ1) is 11.2. The summed E-state index contributed by atoms with van der Waals surface area (Å²) in [5, 5.41) is 30.6. The van der Waals surface area contributed by atoms with Crippen molar-refractivity contribution in [2.45, 2.75) is 24.7 Å². The van der Waals surface area contributed by atoms with Gasteiger partial charge in [-0.2, -0.15) is 0 Å². The molecule has 3 rings (SSSR count). The van der Waals surface area contributed by atoms with Gasteiger partial charge in [-0.1, -0.05) is 36.4 Å². The minimum absolute atomic E-state index is 0.0598. The minimum Gasteiger partial charge on any atom is -0.504 e. The van der Waals surface area contributed by atoms with Gasteiger partial charge < -0.3 is 15.3 Å². The number of para-hydroxylation sites is 1. The van der Waals surface area contributed by atoms with Crippen molar-refractivity contribution in [1.29, 1.82) is 0 Å². The molecular weight excluding hydrogens is 310 g/mol. The van der Waals surface area contributed by atoms with Crippen LogP contribution in [0.15, 0.2) is 59.6 Å². The molecule has 3 N–H and O–H groups in total. The van der Waals surface area contributed by atoms with Gasteiger partial charge in [-0.15, -0.1) is 11.3 Å². The predicted molar refractivity (Wildman–Crippen MR) is 92.8 cm³/mol. The maximum atomic E-state index is 10.0. The number of phenols is 2. The van der Waals surface area contributed by atoms with Crippen LogP contribution in [0.2, 0.25) is 0 Å². The summed E-state index contributed by atoms with van der Waals surface area (Å²) in [6.45, 7) is 0.124. The summed E-state index contributed by atoms with van der Waals surface area (Å²) in [7, 11) is 0. The zero-order chi connectivity index (χ0) is 16.5. The van der Waals surface area contributed by atoms with E-state index in [0.29, 0.717) is 6.42 Å². The summed E-state index contributed by atoms with van der Waals surface area (Å²) >= 11 is 1.60. The molecule has 0 saturated heterocycles. The normalized spacial score (nSPS) is 19.2. The zero-order valence-electron chi connectivity index (χ0n) is 12.8. The van der Waals surface area contributed by atoms with Crippen molar-refractivity contribution in [3.05, 3.63) is 65.2 Å². The fourth-order valence-electron chi connectivity index (χ4n) is 2.69. The molecule has 5 heteroatoms. The van der Waals surface area contributed by atoms with Gasteiger partial charge in [-0.05, 0) is 25.3 Å². The molecule has 1 aliphatic rings. The van der Waals surface area contributed by atoms with Crippen molar-refractivity contribution in [2.24, 2.45) is 0 Å². The lowest BCUT2D eigenvalue weighted by Gasteiger charge is -2.32. The fraction of sp³-hybridized carbons (Fsp3) is 0.278. The second-order valence-electron chi connectivity index (χ2n) is 5.32. The van der Waals surface area contributed by atoms with E-state index < -0.39 is 0 Å². The van der Waals surface area contributed by atoms with E-state index in [9.17, 15) is 10.2 Å². The smallest absolute Gasteiger partial charge is 0.161 e. The molecule has 2 aromatic rings. The van der Waals surface area contributed by atoms with Gasteiger partial charge in [0.2, 0.25) is 0 Å². The summed E-state index contributed by atoms with van der Waals surface area (Å²) in [5.41, 5.74) is 2.18. The third-order valence-corrected chi connectivity index (χ3v) is 4.35. The predicted octanol–water partition coefficient (Wildman–Crippen LogP) is 3.77. The molecule has 0 spiro atoms. The van der Waals surface area contributed by atoms with Gasteiger partial charge in [0.1, 0.15) is 0 Å². The van der Waals surface area contributed by atoms with Crippen LogP contribution in [-0.2, 0) is 5.41 Å². The van der Waals surface area contributed by atoms with Gasteiger partial charge in [0.25, 0.3) is 0 Å². The van der Waals surface area contributed by atoms with Crippen LogP contribution < -0.4 is 0 Å². The number of phenolic OH excluding ortho intramolecular Hbond substituents is 2. The number of rotatable bonds is 4. The van der Waals surface area contributed by atoms with Gasteiger partial charge >= 0.3 is 0 Å². The van der Waals surface area contributed by atoms with Crippen LogP contribution in [0.1, 0.15) is 24.8 Å². The lowest BCUT2D eigenvalue weighted by atomic mass is 9.72. The molecule has 1 aromatic heterocycles. The third-order valence-electron chi connectivity index (χ3n) is 3.82. The van der Waals surface area contributed by atoms with Crippen LogP contribution in [0, 0.1) is 0 Å². The van der Waals surface area contributed by atoms with E-state index in [-0.39, 0.29) is 23.5 Å². The molecule has 122 valence electrons. The summed E-state index contributed by atoms with van der Waals surface area (Å²) in [4.78, 5) is 3.74. The lowest BCUT2D eigenvalue weighted by Crippen LogP contribution is -2.24. The summed E-state index contributed by atoms with van der Waals surface area (Å²) in [6, 6.07) is 5.04. The van der Waals surface area contributed by atoms with Crippen molar-refractivity contribution < 1.29 is 15.3 Å². The second-order valence-corrected chi connectivity index (χ2v) is 6.08. The van der Waals surface area contributed by atoms with Crippen molar-refractivity contribution in [3.63, 3.8) is 0 Å². The maximum Gasteiger partial charge on any atom is 0.161 e. The highest BCUT2D eigenvalue weighted by Gasteiger charge is 2.32. The molecule has 0 bridgehead atoms. The topological polar surface area (TPSA) is 73.6 Å². The monoisotopic (exact) mass is 331 g/mol. The highest BCUT2D eigenvalue weighted by Crippen LogP contribution is 2.44. The molecule has 0 fully saturated rings. The maximum absolute atomic E-state index is 10.0. The summed E-state index contributed by atoms with van der Waals surface area (Å²) < 4.78 is 0. The minimum atomic E-state index is -0.333. The Morgan fingerprint density at radius 2 is 2.09 bits per heavy atom. The molecular formula is C18H21NO3S. The lowest BCUT2D eigenvalue weighted by molar-refractivity contribution is 0.268. The highest BCUT2D eigenvalue weighted by atomic mass is 32.1. The Labute approximate surface area is 140 Å². The Hall–Kier alpha value is -2.11. The van der Waals surface area contributed by atoms with Crippen LogP contribution in [0.5, 0.6) is 11.5 Å². The number of benzene rings is 1. The molecule has 1 heterocycles. The Bertz CT molecular complexity index is 635. The number of aromatic nitrogens is 1. The number of aliphatic hydroxyl groups excluding tert-OH is 1. The van der Waals surface area contributed by atoms with Gasteiger partial charge in [0.05, 0.1) is 5.51 Å². The van der Waals surface area contributed by atoms with Crippen molar-refractivity contribution in [2.75, 3.05) is 6.61 Å². The largest absolute Gasteiger partial charge is 0.504 e. The molecule has 0 amide bonds. The number of hydrogen-bond acceptors (Lipinski definition) is 5. The van der Waals surface area contributed by atoms with Gasteiger partial charge in [-0.3, -0.25) is 4.98 Å². The van der Waals surface area contributed by atoms with Gasteiger partial charge in [0.15, 0.2) is 11.5 Å². The average Bonchev–Trinajstić information content (AvgIpc) is 3.16. The summed E-state index contributed by atoms with van der Waals surface area (Å²) in [6.07, 6.45) is 11.9. The molecule has 0 saturated carbocycles. The number of hydrogen-bond donors (Lipinski definition) is 3. The summed E-state index contributed by atoms with van der Waals surface area (Å²) in [5.74, 6) is -0.158. The highest BCUT2D eigenvalue weighted by molar-refractivity contribution is 7.07. The van der Waals surface area contributed by atoms with E-state index in [2.05, 4.69) is 4.98 Å². The molecule has 4 nitrogen and oxygen atoms in total. The first kappa shape index (κ1) is 17.2. The molecule has 0 aliphatic heterocycles. The van der Waals surface area contributed by atoms with Gasteiger partial charge in [-0.25, -0.2) is 0 Å². The van der Waals surface area contributed by atoms with Crippen LogP contribution in [0.4, 0.5) is 0 Å². The molecule has 1 aliphatic carbocycles. The fourth-order valence-corrected chi connectivity index (χ4v) is 3.04. The Balaban J connectivity index is 0.000000326. The van der Waals surface area contributed by atoms with Crippen LogP contribution in [0.25, 0.3) is 0 Å². The molecule has 0 radical (unpaired) electrons. The van der Waals surface area contributed by atoms with E-state index in [4.69, 9.17) is 5.11 Å². The Morgan fingerprint density at radius 1 is 1.22 bits per heavy atom. The molecule has 1 aromatic carbocycles. The van der Waals surface area contributed by atoms with Crippen LogP contribution in [-0.4, -0.2) is 26.9 Å². The Kier molecular flexibility index (Phi) is 6.38. The molecule has 1 unspecified atom stereocenters. The van der Waals surface area contributed by atoms with E-state index in [1.165, 1.54) is 6.07 Å². The zero-order valence-corrected chi connectivity index (χ0v) is 13.6. The van der Waals surface area contributed by atoms with Crippen LogP contribution in [0.3, 0.4) is 0 Å². The van der Waals surface area contributed by atoms with Crippen molar-refractivity contribution >= 4 is 11.3 Å². The van der Waals surface area contributed by atoms with E-state index in [1.807, 2.05) is 35.8 Å². The van der Waals surface area contributed by atoms with E-state index in [0.717, 1.165) is 18.4 Å². The van der Waals surface area contributed by atoms with Crippen molar-refractivity contribution in [1.82, 2.24) is 4.98 Å². The number of nitrogens with zero attached hydrogens (tertiary/aromatic N) is 1. The first-order valence-electron chi connectivity index (χ1n) is 7.48. The molecule has 1 atom stereocenters. The second kappa shape index (κ2) is 8.50. The van der Waals surface area contributed by atoms with Gasteiger partial charge in [0, 0.05) is 29.2 Å². The number of aromatic hydroxyl groups is 2. The van der Waals surface area contributed by atoms with Crippen molar-refractivity contribution in [3.8, 4) is 11.5 Å². The van der Waals surface area contributed by atoms with Crippen LogP contribution >= 0.6 is 11.3 Å². The van der Waals surface area contributed by atoms with E-state index >= 15 is 0 Å². The number of aliphatic hydroxyl groups is 1.